The summed E-state index contributed by atoms with van der Waals surface area (Å²) in [5, 5.41) is 0.973. The Hall–Kier alpha value is -2.20. The van der Waals surface area contributed by atoms with E-state index in [0.29, 0.717) is 32.5 Å². The number of nitrogen functional groups attached to an aromatic ring is 1. The topological polar surface area (TPSA) is 77.6 Å². The molecule has 2 aromatic carbocycles. The number of benzene rings is 2. The molecular weight excluding hydrogens is 483 g/mol. The lowest BCUT2D eigenvalue weighted by molar-refractivity contribution is 0.617. The second-order valence-electron chi connectivity index (χ2n) is 6.28. The van der Waals surface area contributed by atoms with Gasteiger partial charge >= 0.3 is 0 Å². The highest BCUT2D eigenvalue weighted by molar-refractivity contribution is 7.99. The molecule has 0 fully saturated rings. The van der Waals surface area contributed by atoms with Crippen molar-refractivity contribution < 1.29 is 8.78 Å². The van der Waals surface area contributed by atoms with Crippen LogP contribution in [-0.2, 0) is 11.5 Å². The van der Waals surface area contributed by atoms with E-state index in [1.807, 2.05) is 0 Å². The van der Waals surface area contributed by atoms with E-state index in [-0.39, 0.29) is 27.4 Å². The maximum atomic E-state index is 14.3. The lowest BCUT2D eigenvalue weighted by atomic mass is 10.2. The number of aromatic nitrogens is 4. The van der Waals surface area contributed by atoms with Crippen LogP contribution in [0.1, 0.15) is 11.1 Å². The van der Waals surface area contributed by atoms with Gasteiger partial charge in [0.1, 0.15) is 28.0 Å². The minimum atomic E-state index is -0.479. The van der Waals surface area contributed by atoms with E-state index in [4.69, 9.17) is 28.9 Å². The maximum absolute atomic E-state index is 14.3. The highest BCUT2D eigenvalue weighted by Gasteiger charge is 2.15. The highest BCUT2D eigenvalue weighted by atomic mass is 35.5. The van der Waals surface area contributed by atoms with Crippen LogP contribution < -0.4 is 5.73 Å². The maximum Gasteiger partial charge on any atom is 0.191 e. The quantitative estimate of drug-likeness (QED) is 0.194. The number of fused-ring (bicyclic) bond motifs is 1. The molecular formula is C20H13Cl2F2N5S2. The van der Waals surface area contributed by atoms with Crippen molar-refractivity contribution in [3.63, 3.8) is 0 Å². The molecule has 2 N–H and O–H groups in total. The molecule has 4 rings (SSSR count). The molecule has 0 atom stereocenters. The van der Waals surface area contributed by atoms with Gasteiger partial charge in [-0.25, -0.2) is 28.7 Å². The molecule has 0 spiro atoms. The zero-order valence-electron chi connectivity index (χ0n) is 15.7. The predicted molar refractivity (Wildman–Crippen MR) is 121 cm³/mol. The van der Waals surface area contributed by atoms with Crippen LogP contribution >= 0.6 is 46.7 Å². The molecule has 0 amide bonds. The molecule has 0 bridgehead atoms. The first-order valence-electron chi connectivity index (χ1n) is 8.84. The summed E-state index contributed by atoms with van der Waals surface area (Å²) < 4.78 is 28.4. The molecule has 0 saturated carbocycles. The van der Waals surface area contributed by atoms with Crippen LogP contribution in [0.4, 0.5) is 14.6 Å². The normalized spacial score (nSPS) is 11.2. The van der Waals surface area contributed by atoms with Gasteiger partial charge in [-0.2, -0.15) is 0 Å². The monoisotopic (exact) mass is 495 g/mol. The molecule has 0 aliphatic carbocycles. The number of halogens is 4. The Morgan fingerprint density at radius 1 is 0.839 bits per heavy atom. The average molecular weight is 496 g/mol. The summed E-state index contributed by atoms with van der Waals surface area (Å²) in [6, 6.07) is 9.63. The molecule has 158 valence electrons. The first-order chi connectivity index (χ1) is 14.9. The first kappa shape index (κ1) is 22.0. The van der Waals surface area contributed by atoms with Crippen molar-refractivity contribution in [1.29, 1.82) is 0 Å². The fraction of sp³-hybridized carbons (Fsp3) is 0.100. The summed E-state index contributed by atoms with van der Waals surface area (Å²) in [5.41, 5.74) is 7.36. The third-order valence-corrected chi connectivity index (χ3v) is 6.65. The molecule has 5 nitrogen and oxygen atoms in total. The van der Waals surface area contributed by atoms with Gasteiger partial charge in [0.15, 0.2) is 10.8 Å². The summed E-state index contributed by atoms with van der Waals surface area (Å²) >= 11 is 14.2. The lowest BCUT2D eigenvalue weighted by Crippen LogP contribution is -2.00. The predicted octanol–water partition coefficient (Wildman–Crippen LogP) is 6.17. The minimum Gasteiger partial charge on any atom is -0.382 e. The van der Waals surface area contributed by atoms with Gasteiger partial charge in [-0.1, -0.05) is 71.0 Å². The Balaban J connectivity index is 1.64. The summed E-state index contributed by atoms with van der Waals surface area (Å²) in [7, 11) is 0. The van der Waals surface area contributed by atoms with Crippen molar-refractivity contribution >= 4 is 63.7 Å². The van der Waals surface area contributed by atoms with Gasteiger partial charge in [-0.05, 0) is 23.3 Å². The fourth-order valence-corrected chi connectivity index (χ4v) is 4.86. The van der Waals surface area contributed by atoms with E-state index in [9.17, 15) is 8.78 Å². The summed E-state index contributed by atoms with van der Waals surface area (Å²) in [5.74, 6) is -0.207. The molecule has 0 unspecified atom stereocenters. The second kappa shape index (κ2) is 9.52. The van der Waals surface area contributed by atoms with Gasteiger partial charge in [-0.3, -0.25) is 0 Å². The Morgan fingerprint density at radius 2 is 1.45 bits per heavy atom. The van der Waals surface area contributed by atoms with Gasteiger partial charge in [0.25, 0.3) is 0 Å². The van der Waals surface area contributed by atoms with Crippen molar-refractivity contribution in [3.05, 3.63) is 75.4 Å². The van der Waals surface area contributed by atoms with Crippen LogP contribution in [0.15, 0.2) is 52.8 Å². The van der Waals surface area contributed by atoms with Crippen LogP contribution in [0.25, 0.3) is 11.2 Å². The first-order valence-corrected chi connectivity index (χ1v) is 11.6. The van der Waals surface area contributed by atoms with Crippen LogP contribution in [0.3, 0.4) is 0 Å². The van der Waals surface area contributed by atoms with Crippen molar-refractivity contribution in [2.24, 2.45) is 0 Å². The number of thioether (sulfide) groups is 2. The molecule has 0 aliphatic heterocycles. The molecule has 0 radical (unpaired) electrons. The van der Waals surface area contributed by atoms with Gasteiger partial charge < -0.3 is 5.73 Å². The largest absolute Gasteiger partial charge is 0.382 e. The van der Waals surface area contributed by atoms with E-state index >= 15 is 0 Å². The van der Waals surface area contributed by atoms with Crippen LogP contribution in [-0.4, -0.2) is 19.9 Å². The molecule has 11 heteroatoms. The Labute approximate surface area is 194 Å². The molecule has 0 saturated heterocycles. The van der Waals surface area contributed by atoms with Crippen molar-refractivity contribution in [2.45, 2.75) is 21.7 Å². The van der Waals surface area contributed by atoms with Crippen LogP contribution in [0.2, 0.25) is 10.0 Å². The van der Waals surface area contributed by atoms with Crippen molar-refractivity contribution in [3.8, 4) is 0 Å². The minimum absolute atomic E-state index is 0.0518. The molecule has 2 aromatic heterocycles. The third kappa shape index (κ3) is 5.01. The van der Waals surface area contributed by atoms with E-state index in [2.05, 4.69) is 19.9 Å². The number of nitrogens with two attached hydrogens (primary N) is 1. The van der Waals surface area contributed by atoms with Crippen LogP contribution in [0, 0.1) is 11.6 Å². The summed E-state index contributed by atoms with van der Waals surface area (Å²) in [6.07, 6.45) is 1.41. The number of rotatable bonds is 6. The number of hydrogen-bond acceptors (Lipinski definition) is 7. The molecule has 4 aromatic rings. The summed E-state index contributed by atoms with van der Waals surface area (Å²) in [4.78, 5) is 17.4. The number of hydrogen-bond donors (Lipinski definition) is 1. The average Bonchev–Trinajstić information content (AvgIpc) is 2.75. The smallest absolute Gasteiger partial charge is 0.191 e. The van der Waals surface area contributed by atoms with E-state index in [0.717, 1.165) is 0 Å². The number of anilines is 1. The Bertz CT molecular complexity index is 1280. The van der Waals surface area contributed by atoms with Gasteiger partial charge in [0.2, 0.25) is 0 Å². The van der Waals surface area contributed by atoms with Gasteiger partial charge in [0.05, 0.1) is 16.2 Å². The molecule has 0 aliphatic rings. The number of nitrogens with zero attached hydrogens (tertiary/aromatic N) is 4. The highest BCUT2D eigenvalue weighted by Crippen LogP contribution is 2.32. The van der Waals surface area contributed by atoms with Gasteiger partial charge in [-0.15, -0.1) is 0 Å². The standard InChI is InChI=1S/C20H13Cl2F2N5S2/c21-12-5-1-3-10(15(12)23)8-30-19-17-18(27-14(25)7-26-17)28-20(29-19)31-9-11-4-2-6-13(22)16(11)24/h1-7H,8-9H2,(H2,25,27,28,29). The third-order valence-electron chi connectivity index (χ3n) is 4.16. The van der Waals surface area contributed by atoms with E-state index in [1.165, 1.54) is 41.9 Å². The van der Waals surface area contributed by atoms with E-state index < -0.39 is 11.6 Å². The van der Waals surface area contributed by atoms with Crippen molar-refractivity contribution in [2.75, 3.05) is 5.73 Å². The lowest BCUT2D eigenvalue weighted by Gasteiger charge is -2.09. The molecule has 2 heterocycles. The zero-order chi connectivity index (χ0) is 22.0. The van der Waals surface area contributed by atoms with Gasteiger partial charge in [0, 0.05) is 11.5 Å². The second-order valence-corrected chi connectivity index (χ2v) is 9.00. The fourth-order valence-electron chi connectivity index (χ4n) is 2.65. The van der Waals surface area contributed by atoms with E-state index in [1.54, 1.807) is 24.3 Å². The Kier molecular flexibility index (Phi) is 6.76. The SMILES string of the molecule is Nc1cnc2c(SCc3cccc(Cl)c3F)nc(SCc3cccc(Cl)c3F)nc2n1. The molecule has 31 heavy (non-hydrogen) atoms. The summed E-state index contributed by atoms with van der Waals surface area (Å²) in [6.45, 7) is 0. The Morgan fingerprint density at radius 3 is 2.10 bits per heavy atom. The van der Waals surface area contributed by atoms with Crippen LogP contribution in [0.5, 0.6) is 0 Å². The zero-order valence-corrected chi connectivity index (χ0v) is 18.8. The van der Waals surface area contributed by atoms with Crippen molar-refractivity contribution in [1.82, 2.24) is 19.9 Å².